The Morgan fingerprint density at radius 3 is 3.17 bits per heavy atom. The molecule has 0 fully saturated rings. The Kier molecular flexibility index (Phi) is 1.55. The summed E-state index contributed by atoms with van der Waals surface area (Å²) in [5.41, 5.74) is 1.55. The first-order chi connectivity index (χ1) is 5.83. The average Bonchev–Trinajstić information content (AvgIpc) is 2.44. The molecule has 0 aliphatic carbocycles. The zero-order valence-electron chi connectivity index (χ0n) is 6.73. The number of hydrogen-bond donors (Lipinski definition) is 1. The van der Waals surface area contributed by atoms with E-state index in [1.807, 2.05) is 19.1 Å². The minimum absolute atomic E-state index is 0.0387. The van der Waals surface area contributed by atoms with Gasteiger partial charge in [-0.15, -0.1) is 0 Å². The standard InChI is InChI=1S/C8H9N3O/c1-6-10-7(5-12)8-3-2-4-9-11(6)8/h2-4,12H,5H2,1H3. The van der Waals surface area contributed by atoms with Crippen molar-refractivity contribution in [2.75, 3.05) is 0 Å². The van der Waals surface area contributed by atoms with Crippen molar-refractivity contribution < 1.29 is 5.11 Å². The van der Waals surface area contributed by atoms with Gasteiger partial charge >= 0.3 is 0 Å². The summed E-state index contributed by atoms with van der Waals surface area (Å²) >= 11 is 0. The van der Waals surface area contributed by atoms with Crippen molar-refractivity contribution in [1.29, 1.82) is 0 Å². The van der Waals surface area contributed by atoms with Crippen LogP contribution in [0, 0.1) is 6.92 Å². The highest BCUT2D eigenvalue weighted by atomic mass is 16.3. The lowest BCUT2D eigenvalue weighted by Gasteiger charge is -1.92. The van der Waals surface area contributed by atoms with Gasteiger partial charge in [0.25, 0.3) is 0 Å². The van der Waals surface area contributed by atoms with Crippen LogP contribution in [0.5, 0.6) is 0 Å². The van der Waals surface area contributed by atoms with Crippen LogP contribution in [-0.2, 0) is 6.61 Å². The Hall–Kier alpha value is -1.42. The lowest BCUT2D eigenvalue weighted by molar-refractivity contribution is 0.279. The summed E-state index contributed by atoms with van der Waals surface area (Å²) in [7, 11) is 0. The predicted molar refractivity (Wildman–Crippen MR) is 43.6 cm³/mol. The molecule has 0 radical (unpaired) electrons. The number of hydrogen-bond acceptors (Lipinski definition) is 3. The zero-order valence-corrected chi connectivity index (χ0v) is 6.73. The number of aliphatic hydroxyl groups excluding tert-OH is 1. The van der Waals surface area contributed by atoms with Gasteiger partial charge in [-0.3, -0.25) is 0 Å². The number of nitrogens with zero attached hydrogens (tertiary/aromatic N) is 3. The van der Waals surface area contributed by atoms with E-state index in [0.29, 0.717) is 5.69 Å². The highest BCUT2D eigenvalue weighted by molar-refractivity contribution is 5.51. The summed E-state index contributed by atoms with van der Waals surface area (Å²) in [5, 5.41) is 13.0. The van der Waals surface area contributed by atoms with Gasteiger partial charge in [-0.2, -0.15) is 5.10 Å². The van der Waals surface area contributed by atoms with E-state index >= 15 is 0 Å². The number of aromatic nitrogens is 3. The fraction of sp³-hybridized carbons (Fsp3) is 0.250. The second-order valence-corrected chi connectivity index (χ2v) is 2.58. The van der Waals surface area contributed by atoms with E-state index in [1.54, 1.807) is 10.7 Å². The van der Waals surface area contributed by atoms with Crippen LogP contribution in [0.15, 0.2) is 18.3 Å². The first-order valence-electron chi connectivity index (χ1n) is 3.73. The smallest absolute Gasteiger partial charge is 0.127 e. The summed E-state index contributed by atoms with van der Waals surface area (Å²) in [6.07, 6.45) is 1.70. The van der Waals surface area contributed by atoms with Gasteiger partial charge < -0.3 is 5.11 Å². The van der Waals surface area contributed by atoms with Crippen molar-refractivity contribution in [3.8, 4) is 0 Å². The predicted octanol–water partition coefficient (Wildman–Crippen LogP) is 0.530. The van der Waals surface area contributed by atoms with E-state index in [4.69, 9.17) is 5.11 Å². The average molecular weight is 163 g/mol. The van der Waals surface area contributed by atoms with Gasteiger partial charge in [-0.05, 0) is 19.1 Å². The molecule has 0 saturated carbocycles. The molecule has 62 valence electrons. The van der Waals surface area contributed by atoms with E-state index in [2.05, 4.69) is 10.1 Å². The maximum Gasteiger partial charge on any atom is 0.127 e. The van der Waals surface area contributed by atoms with Gasteiger partial charge in [0.1, 0.15) is 5.82 Å². The maximum absolute atomic E-state index is 8.95. The van der Waals surface area contributed by atoms with E-state index in [-0.39, 0.29) is 6.61 Å². The van der Waals surface area contributed by atoms with Crippen molar-refractivity contribution in [3.05, 3.63) is 29.8 Å². The summed E-state index contributed by atoms with van der Waals surface area (Å²) in [4.78, 5) is 4.16. The van der Waals surface area contributed by atoms with Crippen LogP contribution in [0.25, 0.3) is 5.52 Å². The molecule has 0 aliphatic heterocycles. The third kappa shape index (κ3) is 0.887. The van der Waals surface area contributed by atoms with E-state index in [0.717, 1.165) is 11.3 Å². The Morgan fingerprint density at radius 2 is 2.42 bits per heavy atom. The molecular weight excluding hydrogens is 154 g/mol. The van der Waals surface area contributed by atoms with Gasteiger partial charge in [0, 0.05) is 6.20 Å². The summed E-state index contributed by atoms with van der Waals surface area (Å²) < 4.78 is 1.71. The third-order valence-electron chi connectivity index (χ3n) is 1.80. The van der Waals surface area contributed by atoms with E-state index in [9.17, 15) is 0 Å². The largest absolute Gasteiger partial charge is 0.390 e. The summed E-state index contributed by atoms with van der Waals surface area (Å²) in [5.74, 6) is 0.801. The molecule has 4 heteroatoms. The number of aliphatic hydroxyl groups is 1. The van der Waals surface area contributed by atoms with Crippen LogP contribution in [0.3, 0.4) is 0 Å². The van der Waals surface area contributed by atoms with Crippen molar-refractivity contribution in [2.24, 2.45) is 0 Å². The number of aryl methyl sites for hydroxylation is 1. The molecular formula is C8H9N3O. The second kappa shape index (κ2) is 2.57. The molecule has 0 saturated heterocycles. The molecule has 0 unspecified atom stereocenters. The van der Waals surface area contributed by atoms with Gasteiger partial charge in [0.2, 0.25) is 0 Å². The van der Waals surface area contributed by atoms with E-state index < -0.39 is 0 Å². The second-order valence-electron chi connectivity index (χ2n) is 2.58. The normalized spacial score (nSPS) is 10.8. The fourth-order valence-corrected chi connectivity index (χ4v) is 1.26. The fourth-order valence-electron chi connectivity index (χ4n) is 1.26. The molecule has 2 aromatic heterocycles. The van der Waals surface area contributed by atoms with Crippen LogP contribution in [0.1, 0.15) is 11.5 Å². The SMILES string of the molecule is Cc1nc(CO)c2cccnn12. The van der Waals surface area contributed by atoms with Gasteiger partial charge in [-0.1, -0.05) is 0 Å². The Bertz CT molecular complexity index is 408. The minimum atomic E-state index is -0.0387. The van der Waals surface area contributed by atoms with Crippen molar-refractivity contribution in [2.45, 2.75) is 13.5 Å². The maximum atomic E-state index is 8.95. The van der Waals surface area contributed by atoms with Crippen molar-refractivity contribution >= 4 is 5.52 Å². The molecule has 0 spiro atoms. The number of imidazole rings is 1. The van der Waals surface area contributed by atoms with Crippen LogP contribution >= 0.6 is 0 Å². The van der Waals surface area contributed by atoms with Gasteiger partial charge in [-0.25, -0.2) is 9.50 Å². The molecule has 0 amide bonds. The topological polar surface area (TPSA) is 50.4 Å². The minimum Gasteiger partial charge on any atom is -0.390 e. The first-order valence-corrected chi connectivity index (χ1v) is 3.73. The quantitative estimate of drug-likeness (QED) is 0.667. The Labute approximate surface area is 69.5 Å². The van der Waals surface area contributed by atoms with Crippen LogP contribution in [-0.4, -0.2) is 19.7 Å². The number of fused-ring (bicyclic) bond motifs is 1. The first kappa shape index (κ1) is 7.24. The highest BCUT2D eigenvalue weighted by Crippen LogP contribution is 2.09. The van der Waals surface area contributed by atoms with Crippen LogP contribution < -0.4 is 0 Å². The molecule has 0 bridgehead atoms. The molecule has 4 nitrogen and oxygen atoms in total. The van der Waals surface area contributed by atoms with Gasteiger partial charge in [0.05, 0.1) is 17.8 Å². The number of rotatable bonds is 1. The monoisotopic (exact) mass is 163 g/mol. The Morgan fingerprint density at radius 1 is 1.58 bits per heavy atom. The zero-order chi connectivity index (χ0) is 8.55. The summed E-state index contributed by atoms with van der Waals surface area (Å²) in [6, 6.07) is 3.72. The molecule has 0 atom stereocenters. The molecule has 0 aromatic carbocycles. The lowest BCUT2D eigenvalue weighted by Crippen LogP contribution is -1.91. The van der Waals surface area contributed by atoms with Gasteiger partial charge in [0.15, 0.2) is 0 Å². The third-order valence-corrected chi connectivity index (χ3v) is 1.80. The summed E-state index contributed by atoms with van der Waals surface area (Å²) in [6.45, 7) is 1.82. The van der Waals surface area contributed by atoms with Crippen molar-refractivity contribution in [3.63, 3.8) is 0 Å². The molecule has 2 heterocycles. The van der Waals surface area contributed by atoms with Crippen molar-refractivity contribution in [1.82, 2.24) is 14.6 Å². The lowest BCUT2D eigenvalue weighted by atomic mass is 10.4. The molecule has 2 aromatic rings. The molecule has 0 aliphatic rings. The van der Waals surface area contributed by atoms with E-state index in [1.165, 1.54) is 0 Å². The molecule has 1 N–H and O–H groups in total. The Balaban J connectivity index is 2.82. The van der Waals surface area contributed by atoms with Crippen LogP contribution in [0.4, 0.5) is 0 Å². The molecule has 12 heavy (non-hydrogen) atoms. The van der Waals surface area contributed by atoms with Crippen LogP contribution in [0.2, 0.25) is 0 Å². The highest BCUT2D eigenvalue weighted by Gasteiger charge is 2.05. The molecule has 2 rings (SSSR count).